The van der Waals surface area contributed by atoms with Crippen LogP contribution in [0, 0.1) is 6.92 Å². The van der Waals surface area contributed by atoms with E-state index in [1.165, 1.54) is 24.3 Å². The zero-order valence-corrected chi connectivity index (χ0v) is 31.2. The lowest BCUT2D eigenvalue weighted by molar-refractivity contribution is -0.143. The SMILES string of the molecule is CC(=O)N1CCN(c2ccc(CN(C(=O)C=Cc3ccc(C(F)(F)F)cc3)C(Cc3ccccc3)C(=O)N(C)CCN(C)c3cccnc3C)cc2)CC1. The van der Waals surface area contributed by atoms with Crippen LogP contribution in [-0.2, 0) is 33.5 Å². The lowest BCUT2D eigenvalue weighted by Crippen LogP contribution is -2.51. The first-order chi connectivity index (χ1) is 25.8. The van der Waals surface area contributed by atoms with E-state index >= 15 is 0 Å². The Morgan fingerprint density at radius 2 is 1.50 bits per heavy atom. The summed E-state index contributed by atoms with van der Waals surface area (Å²) in [6.07, 6.45) is 0.294. The minimum absolute atomic E-state index is 0.0583. The fourth-order valence-electron chi connectivity index (χ4n) is 6.51. The number of aryl methyl sites for hydroxylation is 1. The van der Waals surface area contributed by atoms with Crippen LogP contribution in [0.25, 0.3) is 6.08 Å². The maximum Gasteiger partial charge on any atom is 0.416 e. The Morgan fingerprint density at radius 1 is 0.833 bits per heavy atom. The number of piperazine rings is 1. The van der Waals surface area contributed by atoms with Crippen molar-refractivity contribution in [3.8, 4) is 0 Å². The van der Waals surface area contributed by atoms with E-state index in [2.05, 4.69) is 9.88 Å². The first kappa shape index (κ1) is 39.6. The molecule has 1 fully saturated rings. The first-order valence-corrected chi connectivity index (χ1v) is 18.0. The van der Waals surface area contributed by atoms with Crippen LogP contribution in [0.4, 0.5) is 24.5 Å². The van der Waals surface area contributed by atoms with Crippen molar-refractivity contribution in [2.75, 3.05) is 63.2 Å². The summed E-state index contributed by atoms with van der Waals surface area (Å²) >= 11 is 0. The summed E-state index contributed by atoms with van der Waals surface area (Å²) < 4.78 is 39.6. The van der Waals surface area contributed by atoms with Crippen LogP contribution in [0.3, 0.4) is 0 Å². The first-order valence-electron chi connectivity index (χ1n) is 18.0. The monoisotopic (exact) mass is 740 g/mol. The molecular weight excluding hydrogens is 693 g/mol. The van der Waals surface area contributed by atoms with Crippen LogP contribution in [-0.4, -0.2) is 96.8 Å². The Kier molecular flexibility index (Phi) is 13.1. The molecule has 3 amide bonds. The van der Waals surface area contributed by atoms with Gasteiger partial charge in [0.1, 0.15) is 6.04 Å². The van der Waals surface area contributed by atoms with Gasteiger partial charge in [-0.15, -0.1) is 0 Å². The number of alkyl halides is 3. The van der Waals surface area contributed by atoms with E-state index in [0.717, 1.165) is 40.3 Å². The molecule has 0 spiro atoms. The molecule has 5 rings (SSSR count). The molecule has 0 saturated carbocycles. The largest absolute Gasteiger partial charge is 0.416 e. The van der Waals surface area contributed by atoms with Crippen LogP contribution < -0.4 is 9.80 Å². The lowest BCUT2D eigenvalue weighted by Gasteiger charge is -2.36. The molecule has 2 heterocycles. The maximum absolute atomic E-state index is 14.5. The van der Waals surface area contributed by atoms with Crippen molar-refractivity contribution in [3.05, 3.63) is 131 Å². The van der Waals surface area contributed by atoms with E-state index in [-0.39, 0.29) is 24.8 Å². The summed E-state index contributed by atoms with van der Waals surface area (Å²) in [4.78, 5) is 54.1. The Morgan fingerprint density at radius 3 is 2.11 bits per heavy atom. The quantitative estimate of drug-likeness (QED) is 0.149. The summed E-state index contributed by atoms with van der Waals surface area (Å²) in [5, 5.41) is 0. The van der Waals surface area contributed by atoms with Crippen molar-refractivity contribution in [1.29, 1.82) is 0 Å². The van der Waals surface area contributed by atoms with Gasteiger partial charge in [-0.1, -0.05) is 54.6 Å². The van der Waals surface area contributed by atoms with Crippen molar-refractivity contribution >= 4 is 35.2 Å². The predicted molar refractivity (Wildman–Crippen MR) is 206 cm³/mol. The fourth-order valence-corrected chi connectivity index (χ4v) is 6.51. The van der Waals surface area contributed by atoms with Gasteiger partial charge in [-0.3, -0.25) is 19.4 Å². The number of halogens is 3. The standard InChI is InChI=1S/C42H47F3N6O3/c1-31-38(11-8-22-46-31)47(3)23-24-48(4)41(54)39(29-34-9-6-5-7-10-34)51(40(53)21-16-33-12-17-36(18-13-33)42(43,44)45)30-35-14-19-37(20-15-35)50-27-25-49(26-28-50)32(2)52/h5-22,39H,23-30H2,1-4H3. The van der Waals surface area contributed by atoms with Crippen molar-refractivity contribution < 1.29 is 27.6 Å². The summed E-state index contributed by atoms with van der Waals surface area (Å²) in [6, 6.07) is 24.9. The van der Waals surface area contributed by atoms with Crippen LogP contribution in [0.15, 0.2) is 103 Å². The number of carbonyl (C=O) groups excluding carboxylic acids is 3. The molecule has 54 heavy (non-hydrogen) atoms. The zero-order chi connectivity index (χ0) is 38.8. The highest BCUT2D eigenvalue weighted by Gasteiger charge is 2.32. The average Bonchev–Trinajstić information content (AvgIpc) is 3.17. The average molecular weight is 741 g/mol. The molecule has 1 atom stereocenters. The summed E-state index contributed by atoms with van der Waals surface area (Å²) in [5.74, 6) is -0.639. The van der Waals surface area contributed by atoms with Crippen LogP contribution in [0.1, 0.15) is 34.9 Å². The highest BCUT2D eigenvalue weighted by molar-refractivity contribution is 5.95. The third kappa shape index (κ3) is 10.5. The molecule has 1 unspecified atom stereocenters. The van der Waals surface area contributed by atoms with Gasteiger partial charge in [-0.2, -0.15) is 13.2 Å². The number of pyridine rings is 1. The predicted octanol–water partition coefficient (Wildman–Crippen LogP) is 6.33. The molecule has 3 aromatic carbocycles. The number of anilines is 2. The van der Waals surface area contributed by atoms with Gasteiger partial charge < -0.3 is 24.5 Å². The van der Waals surface area contributed by atoms with Crippen molar-refractivity contribution in [2.24, 2.45) is 0 Å². The third-order valence-corrected chi connectivity index (χ3v) is 9.79. The van der Waals surface area contributed by atoms with Crippen LogP contribution in [0.5, 0.6) is 0 Å². The zero-order valence-electron chi connectivity index (χ0n) is 31.2. The van der Waals surface area contributed by atoms with Gasteiger partial charge >= 0.3 is 6.18 Å². The van der Waals surface area contributed by atoms with Gasteiger partial charge in [0.15, 0.2) is 0 Å². The number of rotatable bonds is 13. The topological polar surface area (TPSA) is 80.3 Å². The Balaban J connectivity index is 1.42. The van der Waals surface area contributed by atoms with E-state index in [0.29, 0.717) is 44.8 Å². The second kappa shape index (κ2) is 17.9. The summed E-state index contributed by atoms with van der Waals surface area (Å²) in [5.41, 5.74) is 4.13. The van der Waals surface area contributed by atoms with Gasteiger partial charge in [0.2, 0.25) is 17.7 Å². The maximum atomic E-state index is 14.5. The molecule has 0 N–H and O–H groups in total. The minimum Gasteiger partial charge on any atom is -0.371 e. The highest BCUT2D eigenvalue weighted by Crippen LogP contribution is 2.29. The van der Waals surface area contributed by atoms with Crippen molar-refractivity contribution in [2.45, 2.75) is 39.0 Å². The number of aromatic nitrogens is 1. The van der Waals surface area contributed by atoms with Gasteiger partial charge in [-0.05, 0) is 66.1 Å². The second-order valence-corrected chi connectivity index (χ2v) is 13.6. The minimum atomic E-state index is -4.48. The van der Waals surface area contributed by atoms with E-state index in [4.69, 9.17) is 0 Å². The summed E-state index contributed by atoms with van der Waals surface area (Å²) in [7, 11) is 3.67. The van der Waals surface area contributed by atoms with E-state index < -0.39 is 23.7 Å². The summed E-state index contributed by atoms with van der Waals surface area (Å²) in [6.45, 7) is 7.20. The van der Waals surface area contributed by atoms with Crippen molar-refractivity contribution in [3.63, 3.8) is 0 Å². The van der Waals surface area contributed by atoms with Gasteiger partial charge in [-0.25, -0.2) is 0 Å². The molecule has 284 valence electrons. The number of hydrogen-bond donors (Lipinski definition) is 0. The number of benzene rings is 3. The number of nitrogens with zero attached hydrogens (tertiary/aromatic N) is 6. The number of likely N-dealkylation sites (N-methyl/N-ethyl adjacent to an activating group) is 2. The second-order valence-electron chi connectivity index (χ2n) is 13.6. The molecule has 1 aliphatic rings. The number of amides is 3. The lowest BCUT2D eigenvalue weighted by atomic mass is 10.0. The van der Waals surface area contributed by atoms with Crippen LogP contribution in [0.2, 0.25) is 0 Å². The van der Waals surface area contributed by atoms with Gasteiger partial charge in [0.25, 0.3) is 0 Å². The molecule has 1 saturated heterocycles. The number of hydrogen-bond acceptors (Lipinski definition) is 6. The Hall–Kier alpha value is -5.65. The molecule has 9 nitrogen and oxygen atoms in total. The molecule has 0 aliphatic carbocycles. The fraction of sp³-hybridized carbons (Fsp3) is 0.333. The number of carbonyl (C=O) groups is 3. The van der Waals surface area contributed by atoms with Gasteiger partial charge in [0.05, 0.1) is 16.9 Å². The molecule has 4 aromatic rings. The highest BCUT2D eigenvalue weighted by atomic mass is 19.4. The van der Waals surface area contributed by atoms with Gasteiger partial charge in [0, 0.05) is 91.2 Å². The Labute approximate surface area is 315 Å². The molecule has 12 heteroatoms. The smallest absolute Gasteiger partial charge is 0.371 e. The third-order valence-electron chi connectivity index (χ3n) is 9.79. The molecular formula is C42H47F3N6O3. The molecule has 1 aromatic heterocycles. The van der Waals surface area contributed by atoms with E-state index in [1.54, 1.807) is 30.0 Å². The molecule has 0 radical (unpaired) electrons. The van der Waals surface area contributed by atoms with E-state index in [9.17, 15) is 27.6 Å². The normalized spacial score (nSPS) is 13.8. The van der Waals surface area contributed by atoms with E-state index in [1.807, 2.05) is 90.5 Å². The molecule has 1 aliphatic heterocycles. The van der Waals surface area contributed by atoms with Crippen molar-refractivity contribution in [1.82, 2.24) is 19.7 Å². The molecule has 0 bridgehead atoms. The Bertz CT molecular complexity index is 1890. The van der Waals surface area contributed by atoms with Crippen LogP contribution >= 0.6 is 0 Å².